The number of benzene rings is 2. The van der Waals surface area contributed by atoms with Gasteiger partial charge in [0.05, 0.1) is 5.41 Å². The Morgan fingerprint density at radius 2 is 1.89 bits per heavy atom. The van der Waals surface area contributed by atoms with Gasteiger partial charge in [0.25, 0.3) is 0 Å². The van der Waals surface area contributed by atoms with Crippen LogP contribution < -0.4 is 10.6 Å². The number of amides is 1. The van der Waals surface area contributed by atoms with E-state index in [1.54, 1.807) is 0 Å². The van der Waals surface area contributed by atoms with Crippen molar-refractivity contribution in [2.45, 2.75) is 50.6 Å². The minimum atomic E-state index is -0.323. The topological polar surface area (TPSA) is 44.4 Å². The highest BCUT2D eigenvalue weighted by atomic mass is 16.2. The monoisotopic (exact) mass is 363 g/mol. The van der Waals surface area contributed by atoms with Gasteiger partial charge in [0, 0.05) is 24.0 Å². The molecule has 27 heavy (non-hydrogen) atoms. The largest absolute Gasteiger partial charge is 0.382 e. The fourth-order valence-electron chi connectivity index (χ4n) is 4.63. The molecule has 1 saturated carbocycles. The molecule has 1 fully saturated rings. The molecule has 0 atom stereocenters. The summed E-state index contributed by atoms with van der Waals surface area (Å²) in [5.74, 6) is 0.186. The van der Waals surface area contributed by atoms with Crippen LogP contribution in [0.25, 0.3) is 0 Å². The van der Waals surface area contributed by atoms with Gasteiger partial charge in [0.15, 0.2) is 0 Å². The number of carbonyl (C=O) groups is 1. The van der Waals surface area contributed by atoms with Gasteiger partial charge in [-0.1, -0.05) is 30.3 Å². The molecular formula is C23H29N3O. The second-order valence-corrected chi connectivity index (χ2v) is 8.39. The van der Waals surface area contributed by atoms with Crippen LogP contribution in [0.15, 0.2) is 42.5 Å². The molecule has 2 aromatic carbocycles. The molecule has 0 saturated heterocycles. The van der Waals surface area contributed by atoms with Crippen LogP contribution in [0.3, 0.4) is 0 Å². The van der Waals surface area contributed by atoms with Crippen molar-refractivity contribution in [3.05, 3.63) is 59.2 Å². The molecule has 1 spiro atoms. The van der Waals surface area contributed by atoms with Gasteiger partial charge >= 0.3 is 0 Å². The van der Waals surface area contributed by atoms with E-state index in [0.717, 1.165) is 37.9 Å². The summed E-state index contributed by atoms with van der Waals surface area (Å²) in [5.41, 5.74) is 5.70. The molecule has 1 heterocycles. The Balaban J connectivity index is 1.47. The van der Waals surface area contributed by atoms with Gasteiger partial charge in [-0.2, -0.15) is 0 Å². The van der Waals surface area contributed by atoms with Crippen molar-refractivity contribution in [2.24, 2.45) is 0 Å². The van der Waals surface area contributed by atoms with Gasteiger partial charge in [-0.05, 0) is 75.5 Å². The predicted molar refractivity (Wildman–Crippen MR) is 111 cm³/mol. The molecule has 142 valence electrons. The summed E-state index contributed by atoms with van der Waals surface area (Å²) < 4.78 is 0. The molecule has 2 N–H and O–H groups in total. The third-order valence-electron chi connectivity index (χ3n) is 6.13. The molecule has 4 rings (SSSR count). The summed E-state index contributed by atoms with van der Waals surface area (Å²) >= 11 is 0. The molecular weight excluding hydrogens is 334 g/mol. The standard InChI is InChI=1S/C23H29N3O/c1-16-8-9-17(15-26(2)3)14-21(16)24-18-10-12-23(13-11-18)19-6-4-5-7-20(19)25-22(23)27/h4-9,14,18,24H,10-13,15H2,1-3H3,(H,25,27). The highest BCUT2D eigenvalue weighted by Gasteiger charge is 2.48. The van der Waals surface area contributed by atoms with Gasteiger partial charge in [-0.25, -0.2) is 0 Å². The van der Waals surface area contributed by atoms with Crippen LogP contribution in [0, 0.1) is 6.92 Å². The number of nitrogens with one attached hydrogen (secondary N) is 2. The van der Waals surface area contributed by atoms with Crippen LogP contribution >= 0.6 is 0 Å². The van der Waals surface area contributed by atoms with E-state index in [1.807, 2.05) is 18.2 Å². The van der Waals surface area contributed by atoms with E-state index in [9.17, 15) is 4.79 Å². The Morgan fingerprint density at radius 1 is 1.15 bits per heavy atom. The van der Waals surface area contributed by atoms with E-state index in [-0.39, 0.29) is 11.3 Å². The maximum absolute atomic E-state index is 12.7. The van der Waals surface area contributed by atoms with Crippen LogP contribution in [-0.2, 0) is 16.8 Å². The highest BCUT2D eigenvalue weighted by Crippen LogP contribution is 2.47. The van der Waals surface area contributed by atoms with Gasteiger partial charge < -0.3 is 15.5 Å². The zero-order valence-electron chi connectivity index (χ0n) is 16.5. The average molecular weight is 364 g/mol. The second-order valence-electron chi connectivity index (χ2n) is 8.39. The number of para-hydroxylation sites is 1. The van der Waals surface area contributed by atoms with Crippen molar-refractivity contribution < 1.29 is 4.79 Å². The summed E-state index contributed by atoms with van der Waals surface area (Å²) in [6.07, 6.45) is 3.84. The number of nitrogens with zero attached hydrogens (tertiary/aromatic N) is 1. The van der Waals surface area contributed by atoms with Crippen molar-refractivity contribution in [2.75, 3.05) is 24.7 Å². The Morgan fingerprint density at radius 3 is 2.63 bits per heavy atom. The molecule has 0 bridgehead atoms. The van der Waals surface area contributed by atoms with E-state index in [2.05, 4.69) is 60.8 Å². The smallest absolute Gasteiger partial charge is 0.235 e. The maximum Gasteiger partial charge on any atom is 0.235 e. The third kappa shape index (κ3) is 3.34. The Kier molecular flexibility index (Phi) is 4.68. The van der Waals surface area contributed by atoms with E-state index in [4.69, 9.17) is 0 Å². The lowest BCUT2D eigenvalue weighted by atomic mass is 9.69. The molecule has 1 amide bonds. The first-order valence-electron chi connectivity index (χ1n) is 9.90. The van der Waals surface area contributed by atoms with Crippen molar-refractivity contribution in [3.63, 3.8) is 0 Å². The number of anilines is 2. The normalized spacial score (nSPS) is 24.1. The van der Waals surface area contributed by atoms with Crippen molar-refractivity contribution in [3.8, 4) is 0 Å². The predicted octanol–water partition coefficient (Wildman–Crippen LogP) is 4.30. The lowest BCUT2D eigenvalue weighted by Gasteiger charge is -2.36. The number of carbonyl (C=O) groups excluding carboxylic acids is 1. The maximum atomic E-state index is 12.7. The number of rotatable bonds is 4. The minimum Gasteiger partial charge on any atom is -0.382 e. The third-order valence-corrected chi connectivity index (χ3v) is 6.13. The van der Waals surface area contributed by atoms with Crippen LogP contribution in [0.2, 0.25) is 0 Å². The molecule has 0 aromatic heterocycles. The van der Waals surface area contributed by atoms with Crippen molar-refractivity contribution >= 4 is 17.3 Å². The van der Waals surface area contributed by atoms with Crippen LogP contribution in [-0.4, -0.2) is 30.9 Å². The SMILES string of the molecule is Cc1ccc(CN(C)C)cc1NC1CCC2(CC1)C(=O)Nc1ccccc12. The van der Waals surface area contributed by atoms with Crippen LogP contribution in [0.5, 0.6) is 0 Å². The quantitative estimate of drug-likeness (QED) is 0.851. The van der Waals surface area contributed by atoms with Gasteiger partial charge in [0.2, 0.25) is 5.91 Å². The van der Waals surface area contributed by atoms with Crippen molar-refractivity contribution in [1.82, 2.24) is 4.90 Å². The van der Waals surface area contributed by atoms with Gasteiger partial charge in [-0.3, -0.25) is 4.79 Å². The van der Waals surface area contributed by atoms with Crippen molar-refractivity contribution in [1.29, 1.82) is 0 Å². The van der Waals surface area contributed by atoms with Gasteiger partial charge in [0.1, 0.15) is 0 Å². The molecule has 0 radical (unpaired) electrons. The fraction of sp³-hybridized carbons (Fsp3) is 0.435. The first-order valence-corrected chi connectivity index (χ1v) is 9.90. The Hall–Kier alpha value is -2.33. The molecule has 1 aliphatic heterocycles. The van der Waals surface area contributed by atoms with E-state index < -0.39 is 0 Å². The fourth-order valence-corrected chi connectivity index (χ4v) is 4.63. The second kappa shape index (κ2) is 7.01. The number of hydrogen-bond donors (Lipinski definition) is 2. The lowest BCUT2D eigenvalue weighted by molar-refractivity contribution is -0.122. The zero-order chi connectivity index (χ0) is 19.0. The molecule has 4 nitrogen and oxygen atoms in total. The average Bonchev–Trinajstić information content (AvgIpc) is 2.91. The summed E-state index contributed by atoms with van der Waals surface area (Å²) in [4.78, 5) is 14.9. The minimum absolute atomic E-state index is 0.186. The Labute approximate surface area is 162 Å². The van der Waals surface area contributed by atoms with Gasteiger partial charge in [-0.15, -0.1) is 0 Å². The number of hydrogen-bond acceptors (Lipinski definition) is 3. The molecule has 1 aliphatic carbocycles. The first-order chi connectivity index (χ1) is 13.0. The molecule has 2 aliphatic rings. The molecule has 2 aromatic rings. The van der Waals surface area contributed by atoms with E-state index in [0.29, 0.717) is 6.04 Å². The van der Waals surface area contributed by atoms with E-state index >= 15 is 0 Å². The van der Waals surface area contributed by atoms with E-state index in [1.165, 1.54) is 22.4 Å². The summed E-state index contributed by atoms with van der Waals surface area (Å²) in [5, 5.41) is 6.85. The zero-order valence-corrected chi connectivity index (χ0v) is 16.5. The summed E-state index contributed by atoms with van der Waals surface area (Å²) in [7, 11) is 4.19. The molecule has 4 heteroatoms. The summed E-state index contributed by atoms with van der Waals surface area (Å²) in [6, 6.07) is 15.3. The molecule has 0 unspecified atom stereocenters. The van der Waals surface area contributed by atoms with Crippen LogP contribution in [0.4, 0.5) is 11.4 Å². The number of fused-ring (bicyclic) bond motifs is 2. The lowest BCUT2D eigenvalue weighted by Crippen LogP contribution is -2.41. The summed E-state index contributed by atoms with van der Waals surface area (Å²) in [6.45, 7) is 3.10. The number of aryl methyl sites for hydroxylation is 1. The Bertz CT molecular complexity index is 850. The highest BCUT2D eigenvalue weighted by molar-refractivity contribution is 6.06. The first kappa shape index (κ1) is 18.1. The van der Waals surface area contributed by atoms with Crippen LogP contribution in [0.1, 0.15) is 42.4 Å².